The Kier molecular flexibility index (Phi) is 7.00. The van der Waals surface area contributed by atoms with E-state index in [1.54, 1.807) is 24.3 Å². The zero-order chi connectivity index (χ0) is 19.1. The molecule has 2 aromatic carbocycles. The van der Waals surface area contributed by atoms with E-state index in [0.717, 1.165) is 17.5 Å². The topological polar surface area (TPSA) is 102 Å². The first kappa shape index (κ1) is 19.8. The van der Waals surface area contributed by atoms with E-state index >= 15 is 0 Å². The number of anilines is 1. The fourth-order valence-electron chi connectivity index (χ4n) is 2.79. The molecule has 0 spiro atoms. The number of benzene rings is 2. The van der Waals surface area contributed by atoms with Crippen molar-refractivity contribution in [1.82, 2.24) is 5.32 Å². The van der Waals surface area contributed by atoms with Gasteiger partial charge in [-0.15, -0.1) is 0 Å². The van der Waals surface area contributed by atoms with Gasteiger partial charge >= 0.3 is 0 Å². The van der Waals surface area contributed by atoms with Crippen LogP contribution in [0.15, 0.2) is 42.5 Å². The Morgan fingerprint density at radius 3 is 2.42 bits per heavy atom. The smallest absolute Gasteiger partial charge is 0.221 e. The first-order chi connectivity index (χ1) is 12.4. The molecule has 0 saturated heterocycles. The summed E-state index contributed by atoms with van der Waals surface area (Å²) in [6.07, 6.45) is 0.797. The highest BCUT2D eigenvalue weighted by molar-refractivity contribution is 5.90. The second-order valence-corrected chi connectivity index (χ2v) is 6.52. The van der Waals surface area contributed by atoms with Crippen LogP contribution in [0.1, 0.15) is 30.9 Å². The molecule has 0 aliphatic carbocycles. The Morgan fingerprint density at radius 2 is 1.81 bits per heavy atom. The zero-order valence-electron chi connectivity index (χ0n) is 15.1. The number of phenols is 2. The van der Waals surface area contributed by atoms with E-state index in [1.165, 1.54) is 13.0 Å². The molecule has 6 nitrogen and oxygen atoms in total. The van der Waals surface area contributed by atoms with Gasteiger partial charge in [0.25, 0.3) is 0 Å². The van der Waals surface area contributed by atoms with Crippen molar-refractivity contribution >= 4 is 11.6 Å². The average Bonchev–Trinajstić information content (AvgIpc) is 2.59. The monoisotopic (exact) mass is 358 g/mol. The summed E-state index contributed by atoms with van der Waals surface area (Å²) in [5.74, 6) is -0.185. The van der Waals surface area contributed by atoms with Crippen LogP contribution in [0.25, 0.3) is 0 Å². The van der Waals surface area contributed by atoms with Crippen LogP contribution >= 0.6 is 0 Å². The fraction of sp³-hybridized carbons (Fsp3) is 0.350. The minimum atomic E-state index is -0.265. The lowest BCUT2D eigenvalue weighted by molar-refractivity contribution is -0.114. The standard InChI is InChI=1S/C20H26N2O4/c1-13(9-15-3-6-18(25)7-4-15)21-11-17(12-23)16-5-8-20(26)19(10-16)22-14(2)24/h3-8,10,13,17,21,23,25-26H,9,11-12H2,1-2H3,(H,22,24)/t13-,17+/m1/s1. The Morgan fingerprint density at radius 1 is 1.12 bits per heavy atom. The van der Waals surface area contributed by atoms with E-state index < -0.39 is 0 Å². The third-order valence-corrected chi connectivity index (χ3v) is 4.21. The first-order valence-electron chi connectivity index (χ1n) is 8.61. The Hall–Kier alpha value is -2.57. The molecule has 0 radical (unpaired) electrons. The van der Waals surface area contributed by atoms with E-state index in [9.17, 15) is 20.1 Å². The number of carbonyl (C=O) groups is 1. The van der Waals surface area contributed by atoms with Crippen molar-refractivity contribution in [2.24, 2.45) is 0 Å². The second kappa shape index (κ2) is 9.22. The van der Waals surface area contributed by atoms with Crippen molar-refractivity contribution in [1.29, 1.82) is 0 Å². The molecule has 6 heteroatoms. The minimum Gasteiger partial charge on any atom is -0.508 e. The van der Waals surface area contributed by atoms with Gasteiger partial charge in [0.1, 0.15) is 11.5 Å². The molecule has 2 aromatic rings. The molecule has 0 unspecified atom stereocenters. The lowest BCUT2D eigenvalue weighted by Gasteiger charge is -2.20. The van der Waals surface area contributed by atoms with Gasteiger partial charge in [0.2, 0.25) is 5.91 Å². The third-order valence-electron chi connectivity index (χ3n) is 4.21. The second-order valence-electron chi connectivity index (χ2n) is 6.52. The van der Waals surface area contributed by atoms with Gasteiger partial charge in [-0.2, -0.15) is 0 Å². The highest BCUT2D eigenvalue weighted by Gasteiger charge is 2.15. The van der Waals surface area contributed by atoms with Crippen molar-refractivity contribution in [3.05, 3.63) is 53.6 Å². The lowest BCUT2D eigenvalue weighted by Crippen LogP contribution is -2.33. The number of hydrogen-bond acceptors (Lipinski definition) is 5. The first-order valence-corrected chi connectivity index (χ1v) is 8.61. The summed E-state index contributed by atoms with van der Waals surface area (Å²) in [6, 6.07) is 12.2. The molecule has 0 fully saturated rings. The molecule has 2 atom stereocenters. The van der Waals surface area contributed by atoms with Crippen LogP contribution in [0.4, 0.5) is 5.69 Å². The molecule has 2 rings (SSSR count). The molecule has 0 heterocycles. The maximum atomic E-state index is 11.2. The van der Waals surface area contributed by atoms with Gasteiger partial charge in [-0.05, 0) is 48.7 Å². The number of phenolic OH excluding ortho intramolecular Hbond substituents is 2. The number of amides is 1. The normalized spacial score (nSPS) is 13.2. The Bertz CT molecular complexity index is 731. The van der Waals surface area contributed by atoms with Gasteiger partial charge in [-0.3, -0.25) is 4.79 Å². The van der Waals surface area contributed by atoms with Crippen LogP contribution in [0.2, 0.25) is 0 Å². The van der Waals surface area contributed by atoms with Gasteiger partial charge in [-0.25, -0.2) is 0 Å². The predicted octanol–water partition coefficient (Wildman–Crippen LogP) is 2.35. The quantitative estimate of drug-likeness (QED) is 0.466. The van der Waals surface area contributed by atoms with Crippen molar-refractivity contribution in [2.45, 2.75) is 32.2 Å². The van der Waals surface area contributed by atoms with E-state index in [1.807, 2.05) is 12.1 Å². The van der Waals surface area contributed by atoms with E-state index in [2.05, 4.69) is 17.6 Å². The molecule has 0 aliphatic rings. The van der Waals surface area contributed by atoms with Crippen LogP contribution in [0.5, 0.6) is 11.5 Å². The highest BCUT2D eigenvalue weighted by Crippen LogP contribution is 2.27. The summed E-state index contributed by atoms with van der Waals surface area (Å²) in [5, 5.41) is 34.9. The fourth-order valence-corrected chi connectivity index (χ4v) is 2.79. The van der Waals surface area contributed by atoms with E-state index in [0.29, 0.717) is 12.2 Å². The lowest BCUT2D eigenvalue weighted by atomic mass is 9.98. The van der Waals surface area contributed by atoms with Crippen molar-refractivity contribution in [3.63, 3.8) is 0 Å². The number of hydrogen-bond donors (Lipinski definition) is 5. The minimum absolute atomic E-state index is 0.00528. The maximum Gasteiger partial charge on any atom is 0.221 e. The molecular weight excluding hydrogens is 332 g/mol. The SMILES string of the molecule is CC(=O)Nc1cc([C@H](CO)CN[C@H](C)Cc2ccc(O)cc2)ccc1O. The number of aliphatic hydroxyl groups is 1. The molecule has 0 aromatic heterocycles. The van der Waals surface area contributed by atoms with Crippen LogP contribution in [0.3, 0.4) is 0 Å². The highest BCUT2D eigenvalue weighted by atomic mass is 16.3. The van der Waals surface area contributed by atoms with Gasteiger partial charge in [0.05, 0.1) is 12.3 Å². The Balaban J connectivity index is 1.98. The summed E-state index contributed by atoms with van der Waals surface area (Å²) in [6.45, 7) is 3.94. The predicted molar refractivity (Wildman–Crippen MR) is 102 cm³/mol. The molecule has 1 amide bonds. The Labute approximate surface area is 153 Å². The molecular formula is C20H26N2O4. The number of aromatic hydroxyl groups is 2. The largest absolute Gasteiger partial charge is 0.508 e. The van der Waals surface area contributed by atoms with Gasteiger partial charge < -0.3 is 26.0 Å². The van der Waals surface area contributed by atoms with Crippen LogP contribution in [-0.2, 0) is 11.2 Å². The summed E-state index contributed by atoms with van der Waals surface area (Å²) in [7, 11) is 0. The van der Waals surface area contributed by atoms with Gasteiger partial charge in [0, 0.05) is 25.4 Å². The van der Waals surface area contributed by atoms with E-state index in [4.69, 9.17) is 0 Å². The van der Waals surface area contributed by atoms with Crippen LogP contribution < -0.4 is 10.6 Å². The summed E-state index contributed by atoms with van der Waals surface area (Å²) in [4.78, 5) is 11.2. The van der Waals surface area contributed by atoms with Crippen molar-refractivity contribution in [3.8, 4) is 11.5 Å². The number of rotatable bonds is 8. The van der Waals surface area contributed by atoms with Crippen LogP contribution in [0, 0.1) is 0 Å². The third kappa shape index (κ3) is 5.75. The summed E-state index contributed by atoms with van der Waals surface area (Å²) < 4.78 is 0. The van der Waals surface area contributed by atoms with Crippen molar-refractivity contribution in [2.75, 3.05) is 18.5 Å². The average molecular weight is 358 g/mol. The van der Waals surface area contributed by atoms with E-state index in [-0.39, 0.29) is 36.0 Å². The summed E-state index contributed by atoms with van der Waals surface area (Å²) >= 11 is 0. The molecule has 0 saturated carbocycles. The molecule has 0 bridgehead atoms. The zero-order valence-corrected chi connectivity index (χ0v) is 15.1. The van der Waals surface area contributed by atoms with Crippen LogP contribution in [-0.4, -0.2) is 40.4 Å². The molecule has 26 heavy (non-hydrogen) atoms. The number of aliphatic hydroxyl groups excluding tert-OH is 1. The van der Waals surface area contributed by atoms with Crippen molar-refractivity contribution < 1.29 is 20.1 Å². The number of carbonyl (C=O) groups excluding carboxylic acids is 1. The van der Waals surface area contributed by atoms with Gasteiger partial charge in [0.15, 0.2) is 0 Å². The van der Waals surface area contributed by atoms with Gasteiger partial charge in [-0.1, -0.05) is 18.2 Å². The molecule has 5 N–H and O–H groups in total. The molecule has 0 aliphatic heterocycles. The number of nitrogens with one attached hydrogen (secondary N) is 2. The molecule has 140 valence electrons. The summed E-state index contributed by atoms with van der Waals surface area (Å²) in [5.41, 5.74) is 2.28. The maximum absolute atomic E-state index is 11.2.